The number of rotatable bonds is 3. The van der Waals surface area contributed by atoms with Crippen molar-refractivity contribution in [2.75, 3.05) is 13.1 Å². The summed E-state index contributed by atoms with van der Waals surface area (Å²) in [6.45, 7) is 2.56. The van der Waals surface area contributed by atoms with Crippen LogP contribution in [0.25, 0.3) is 0 Å². The van der Waals surface area contributed by atoms with Crippen LogP contribution >= 0.6 is 22.6 Å². The number of amides is 1. The third kappa shape index (κ3) is 3.20. The summed E-state index contributed by atoms with van der Waals surface area (Å²) in [5.74, 6) is -0.0856. The van der Waals surface area contributed by atoms with Gasteiger partial charge in [-0.15, -0.1) is 0 Å². The Hall–Kier alpha value is -1.09. The summed E-state index contributed by atoms with van der Waals surface area (Å²) < 4.78 is 1.02. The second-order valence-corrected chi connectivity index (χ2v) is 4.23. The van der Waals surface area contributed by atoms with Crippen molar-refractivity contribution in [2.24, 2.45) is 0 Å². The molecule has 0 heterocycles. The molecule has 0 N–H and O–H groups in total. The number of nitriles is 1. The lowest BCUT2D eigenvalue weighted by Crippen LogP contribution is -2.31. The van der Waals surface area contributed by atoms with Crippen LogP contribution in [0.4, 0.5) is 0 Å². The van der Waals surface area contributed by atoms with E-state index in [0.29, 0.717) is 12.1 Å². The van der Waals surface area contributed by atoms with Gasteiger partial charge in [0.05, 0.1) is 6.07 Å². The van der Waals surface area contributed by atoms with Gasteiger partial charge in [0, 0.05) is 15.7 Å². The van der Waals surface area contributed by atoms with E-state index < -0.39 is 0 Å². The molecule has 1 aromatic rings. The summed E-state index contributed by atoms with van der Waals surface area (Å²) in [5.41, 5.74) is 0.638. The first-order chi connectivity index (χ1) is 7.19. The lowest BCUT2D eigenvalue weighted by Gasteiger charge is -2.17. The topological polar surface area (TPSA) is 44.1 Å². The van der Waals surface area contributed by atoms with Gasteiger partial charge in [-0.3, -0.25) is 4.79 Å². The Kier molecular flexibility index (Phi) is 4.56. The fourth-order valence-corrected chi connectivity index (χ4v) is 1.76. The predicted octanol–water partition coefficient (Wildman–Crippen LogP) is 2.28. The molecule has 0 spiro atoms. The largest absolute Gasteiger partial charge is 0.326 e. The van der Waals surface area contributed by atoms with Crippen LogP contribution in [0.2, 0.25) is 0 Å². The lowest BCUT2D eigenvalue weighted by atomic mass is 10.2. The molecule has 15 heavy (non-hydrogen) atoms. The highest BCUT2D eigenvalue weighted by atomic mass is 127. The SMILES string of the molecule is CCN(CC#N)C(=O)c1cccc(I)c1. The fourth-order valence-electron chi connectivity index (χ4n) is 1.22. The zero-order valence-corrected chi connectivity index (χ0v) is 10.6. The van der Waals surface area contributed by atoms with Crippen LogP contribution in [0.5, 0.6) is 0 Å². The van der Waals surface area contributed by atoms with Gasteiger partial charge in [0.2, 0.25) is 0 Å². The number of carbonyl (C=O) groups is 1. The molecule has 0 atom stereocenters. The maximum absolute atomic E-state index is 11.9. The monoisotopic (exact) mass is 314 g/mol. The highest BCUT2D eigenvalue weighted by Gasteiger charge is 2.13. The molecule has 0 aliphatic carbocycles. The zero-order valence-electron chi connectivity index (χ0n) is 8.40. The Morgan fingerprint density at radius 3 is 2.87 bits per heavy atom. The molecular weight excluding hydrogens is 303 g/mol. The molecule has 1 aromatic carbocycles. The van der Waals surface area contributed by atoms with E-state index in [2.05, 4.69) is 22.6 Å². The summed E-state index contributed by atoms with van der Waals surface area (Å²) in [7, 11) is 0. The molecule has 4 heteroatoms. The molecule has 0 aromatic heterocycles. The first-order valence-corrected chi connectivity index (χ1v) is 5.68. The van der Waals surface area contributed by atoms with Gasteiger partial charge < -0.3 is 4.90 Å². The number of hydrogen-bond donors (Lipinski definition) is 0. The van der Waals surface area contributed by atoms with E-state index in [1.807, 2.05) is 31.2 Å². The smallest absolute Gasteiger partial charge is 0.254 e. The number of benzene rings is 1. The van der Waals surface area contributed by atoms with Gasteiger partial charge >= 0.3 is 0 Å². The van der Waals surface area contributed by atoms with Gasteiger partial charge in [-0.2, -0.15) is 5.26 Å². The highest BCUT2D eigenvalue weighted by molar-refractivity contribution is 14.1. The minimum absolute atomic E-state index is 0.0856. The Bertz CT molecular complexity index is 398. The molecule has 0 saturated heterocycles. The van der Waals surface area contributed by atoms with Crippen LogP contribution in [0.3, 0.4) is 0 Å². The molecule has 3 nitrogen and oxygen atoms in total. The second kappa shape index (κ2) is 5.71. The summed E-state index contributed by atoms with van der Waals surface area (Å²) >= 11 is 2.16. The Morgan fingerprint density at radius 2 is 2.33 bits per heavy atom. The molecule has 0 fully saturated rings. The third-order valence-corrected chi connectivity index (χ3v) is 2.67. The Balaban J connectivity index is 2.88. The van der Waals surface area contributed by atoms with E-state index in [-0.39, 0.29) is 12.5 Å². The summed E-state index contributed by atoms with van der Waals surface area (Å²) in [6.07, 6.45) is 0. The molecule has 0 aliphatic heterocycles. The van der Waals surface area contributed by atoms with Gasteiger partial charge in [-0.25, -0.2) is 0 Å². The molecular formula is C11H11IN2O. The van der Waals surface area contributed by atoms with Crippen LogP contribution in [0.1, 0.15) is 17.3 Å². The molecule has 0 radical (unpaired) electrons. The van der Waals surface area contributed by atoms with Crippen LogP contribution in [-0.2, 0) is 0 Å². The maximum Gasteiger partial charge on any atom is 0.254 e. The number of hydrogen-bond acceptors (Lipinski definition) is 2. The van der Waals surface area contributed by atoms with Gasteiger partial charge in [0.25, 0.3) is 5.91 Å². The van der Waals surface area contributed by atoms with Crippen LogP contribution in [-0.4, -0.2) is 23.9 Å². The Morgan fingerprint density at radius 1 is 1.60 bits per heavy atom. The molecule has 1 amide bonds. The van der Waals surface area contributed by atoms with E-state index in [0.717, 1.165) is 3.57 Å². The van der Waals surface area contributed by atoms with Gasteiger partial charge in [0.15, 0.2) is 0 Å². The lowest BCUT2D eigenvalue weighted by molar-refractivity contribution is 0.0784. The fraction of sp³-hybridized carbons (Fsp3) is 0.273. The normalized spacial score (nSPS) is 9.40. The molecule has 0 unspecified atom stereocenters. The first kappa shape index (κ1) is 12.0. The van der Waals surface area contributed by atoms with E-state index in [9.17, 15) is 4.79 Å². The van der Waals surface area contributed by atoms with Crippen LogP contribution in [0.15, 0.2) is 24.3 Å². The van der Waals surface area contributed by atoms with Crippen molar-refractivity contribution in [3.63, 3.8) is 0 Å². The van der Waals surface area contributed by atoms with Crippen molar-refractivity contribution in [3.8, 4) is 6.07 Å². The summed E-state index contributed by atoms with van der Waals surface area (Å²) in [4.78, 5) is 13.4. The minimum Gasteiger partial charge on any atom is -0.326 e. The molecule has 0 bridgehead atoms. The van der Waals surface area contributed by atoms with Crippen molar-refractivity contribution in [2.45, 2.75) is 6.92 Å². The highest BCUT2D eigenvalue weighted by Crippen LogP contribution is 2.10. The predicted molar refractivity (Wildman–Crippen MR) is 66.3 cm³/mol. The van der Waals surface area contributed by atoms with E-state index in [1.165, 1.54) is 4.90 Å². The third-order valence-electron chi connectivity index (χ3n) is 2.00. The summed E-state index contributed by atoms with van der Waals surface area (Å²) in [5, 5.41) is 8.57. The van der Waals surface area contributed by atoms with E-state index in [1.54, 1.807) is 6.07 Å². The first-order valence-electron chi connectivity index (χ1n) is 4.60. The minimum atomic E-state index is -0.0856. The molecule has 1 rings (SSSR count). The molecule has 0 saturated carbocycles. The molecule has 78 valence electrons. The van der Waals surface area contributed by atoms with Crippen LogP contribution in [0, 0.1) is 14.9 Å². The van der Waals surface area contributed by atoms with E-state index >= 15 is 0 Å². The maximum atomic E-state index is 11.9. The van der Waals surface area contributed by atoms with Crippen molar-refractivity contribution in [3.05, 3.63) is 33.4 Å². The number of nitrogens with zero attached hydrogens (tertiary/aromatic N) is 2. The Labute approximate surface area is 103 Å². The second-order valence-electron chi connectivity index (χ2n) is 2.99. The van der Waals surface area contributed by atoms with Crippen LogP contribution < -0.4 is 0 Å². The van der Waals surface area contributed by atoms with Gasteiger partial charge in [-0.1, -0.05) is 6.07 Å². The van der Waals surface area contributed by atoms with Crippen molar-refractivity contribution in [1.82, 2.24) is 4.90 Å². The number of halogens is 1. The standard InChI is InChI=1S/C11H11IN2O/c1-2-14(7-6-13)11(15)9-4-3-5-10(12)8-9/h3-5,8H,2,7H2,1H3. The van der Waals surface area contributed by atoms with E-state index in [4.69, 9.17) is 5.26 Å². The van der Waals surface area contributed by atoms with Gasteiger partial charge in [0.1, 0.15) is 6.54 Å². The summed E-state index contributed by atoms with van der Waals surface area (Å²) in [6, 6.07) is 9.35. The van der Waals surface area contributed by atoms with Crippen molar-refractivity contribution >= 4 is 28.5 Å². The zero-order chi connectivity index (χ0) is 11.3. The average molecular weight is 314 g/mol. The van der Waals surface area contributed by atoms with Crippen molar-refractivity contribution in [1.29, 1.82) is 5.26 Å². The van der Waals surface area contributed by atoms with Gasteiger partial charge in [-0.05, 0) is 47.7 Å². The van der Waals surface area contributed by atoms with Crippen molar-refractivity contribution < 1.29 is 4.79 Å². The molecule has 0 aliphatic rings. The average Bonchev–Trinajstić information content (AvgIpc) is 2.25. The quantitative estimate of drug-likeness (QED) is 0.635. The number of carbonyl (C=O) groups excluding carboxylic acids is 1.